The molecule has 0 unspecified atom stereocenters. The lowest BCUT2D eigenvalue weighted by Crippen LogP contribution is -2.57. The van der Waals surface area contributed by atoms with Crippen LogP contribution in [-0.4, -0.2) is 80.0 Å². The summed E-state index contributed by atoms with van der Waals surface area (Å²) in [5.41, 5.74) is -0.744. The molecule has 0 bridgehead atoms. The number of phenols is 1. The number of aromatic hydroxyl groups is 1. The minimum absolute atomic E-state index is 0.0552. The monoisotopic (exact) mass is 425 g/mol. The average molecular weight is 425 g/mol. The predicted molar refractivity (Wildman–Crippen MR) is 93.2 cm³/mol. The third-order valence-electron chi connectivity index (χ3n) is 3.60. The molecule has 1 aliphatic rings. The first-order chi connectivity index (χ1) is 12.6. The molecule has 0 radical (unpaired) electrons. The molecule has 11 nitrogen and oxygen atoms in total. The van der Waals surface area contributed by atoms with Crippen molar-refractivity contribution in [2.75, 3.05) is 6.61 Å². The molecular weight excluding hydrogens is 406 g/mol. The van der Waals surface area contributed by atoms with Gasteiger partial charge in [-0.1, -0.05) is 29.1 Å². The van der Waals surface area contributed by atoms with Crippen LogP contribution in [0.3, 0.4) is 0 Å². The summed E-state index contributed by atoms with van der Waals surface area (Å²) in [7, 11) is -4.89. The first-order valence-electron chi connectivity index (χ1n) is 7.58. The highest BCUT2D eigenvalue weighted by molar-refractivity contribution is 8.14. The van der Waals surface area contributed by atoms with E-state index in [2.05, 4.69) is 9.44 Å². The lowest BCUT2D eigenvalue weighted by molar-refractivity contribution is -0.205. The van der Waals surface area contributed by atoms with Gasteiger partial charge >= 0.3 is 10.4 Å². The van der Waals surface area contributed by atoms with E-state index in [1.165, 1.54) is 18.2 Å². The van der Waals surface area contributed by atoms with Crippen molar-refractivity contribution >= 4 is 27.2 Å². The lowest BCUT2D eigenvalue weighted by Gasteiger charge is -2.39. The molecule has 0 spiro atoms. The van der Waals surface area contributed by atoms with Gasteiger partial charge in [0.05, 0.1) is 6.61 Å². The number of phenolic OH excluding ortho intramolecular Hbond substituents is 1. The van der Waals surface area contributed by atoms with E-state index in [-0.39, 0.29) is 17.2 Å². The van der Waals surface area contributed by atoms with Crippen LogP contribution in [0.1, 0.15) is 5.56 Å². The van der Waals surface area contributed by atoms with Crippen molar-refractivity contribution < 1.29 is 47.5 Å². The van der Waals surface area contributed by atoms with Gasteiger partial charge in [0.25, 0.3) is 0 Å². The Morgan fingerprint density at radius 3 is 2.52 bits per heavy atom. The second kappa shape index (κ2) is 9.16. The van der Waals surface area contributed by atoms with Crippen LogP contribution in [-0.2, 0) is 25.8 Å². The molecule has 6 N–H and O–H groups in total. The topological polar surface area (TPSA) is 186 Å². The number of rotatable bonds is 6. The Bertz CT molecular complexity index is 769. The molecule has 0 saturated carbocycles. The molecule has 1 aromatic rings. The van der Waals surface area contributed by atoms with E-state index in [0.717, 1.165) is 0 Å². The van der Waals surface area contributed by atoms with E-state index >= 15 is 0 Å². The number of benzene rings is 1. The summed E-state index contributed by atoms with van der Waals surface area (Å²) in [6, 6.07) is 5.91. The Balaban J connectivity index is 2.22. The summed E-state index contributed by atoms with van der Waals surface area (Å²) in [5.74, 6) is -0.0552. The SMILES string of the molecule is O=S(=O)(O)O/N=C(\Cc1cccc(O)c1)S[C@@H]1O[C@H](CO)[C@@H](O)[C@H](O)[C@H]1O. The zero-order valence-corrected chi connectivity index (χ0v) is 15.3. The number of hydrogen-bond donors (Lipinski definition) is 6. The van der Waals surface area contributed by atoms with Crippen molar-refractivity contribution in [2.24, 2.45) is 5.16 Å². The van der Waals surface area contributed by atoms with Gasteiger partial charge in [-0.3, -0.25) is 4.55 Å². The van der Waals surface area contributed by atoms with Gasteiger partial charge in [-0.2, -0.15) is 8.42 Å². The molecule has 2 rings (SSSR count). The van der Waals surface area contributed by atoms with Crippen LogP contribution in [0.4, 0.5) is 0 Å². The minimum atomic E-state index is -4.89. The molecule has 27 heavy (non-hydrogen) atoms. The molecule has 13 heteroatoms. The van der Waals surface area contributed by atoms with E-state index in [1.54, 1.807) is 6.07 Å². The molecule has 0 amide bonds. The smallest absolute Gasteiger partial charge is 0.466 e. The van der Waals surface area contributed by atoms with Crippen molar-refractivity contribution in [3.8, 4) is 5.75 Å². The molecule has 1 aliphatic heterocycles. The fraction of sp³-hybridized carbons (Fsp3) is 0.500. The highest BCUT2D eigenvalue weighted by Crippen LogP contribution is 2.30. The standard InChI is InChI=1S/C14H19NO10S2/c16-6-9-11(18)12(19)13(20)14(24-9)26-10(15-25-27(21,22)23)5-7-2-1-3-8(17)4-7/h1-4,9,11-14,16-20H,5-6H2,(H,21,22,23)/b15-10+/t9-,11-,12+,13-,14+/m1/s1. The number of ether oxygens (including phenoxy) is 1. The first-order valence-corrected chi connectivity index (χ1v) is 9.83. The zero-order chi connectivity index (χ0) is 20.2. The van der Waals surface area contributed by atoms with Crippen LogP contribution >= 0.6 is 11.8 Å². The van der Waals surface area contributed by atoms with Gasteiger partial charge < -0.3 is 30.3 Å². The maximum Gasteiger partial charge on any atom is 0.466 e. The third-order valence-corrected chi connectivity index (χ3v) is 4.98. The number of nitrogens with zero attached hydrogens (tertiary/aromatic N) is 1. The average Bonchev–Trinajstić information content (AvgIpc) is 2.59. The summed E-state index contributed by atoms with van der Waals surface area (Å²) >= 11 is 0.653. The Labute approximate surface area is 158 Å². The molecule has 0 aliphatic carbocycles. The first kappa shape index (κ1) is 21.8. The fourth-order valence-corrected chi connectivity index (χ4v) is 3.65. The largest absolute Gasteiger partial charge is 0.508 e. The van der Waals surface area contributed by atoms with Gasteiger partial charge in [0, 0.05) is 6.42 Å². The second-order valence-electron chi connectivity index (χ2n) is 5.65. The highest BCUT2D eigenvalue weighted by atomic mass is 32.3. The van der Waals surface area contributed by atoms with Gasteiger partial charge in [0.1, 0.15) is 40.6 Å². The number of aliphatic hydroxyl groups is 4. The van der Waals surface area contributed by atoms with Crippen LogP contribution in [0.15, 0.2) is 29.4 Å². The summed E-state index contributed by atoms with van der Waals surface area (Å²) in [6.07, 6.45) is -6.01. The summed E-state index contributed by atoms with van der Waals surface area (Å²) in [4.78, 5) is 0. The van der Waals surface area contributed by atoms with Gasteiger partial charge in [0.2, 0.25) is 0 Å². The van der Waals surface area contributed by atoms with Crippen LogP contribution in [0.25, 0.3) is 0 Å². The number of oxime groups is 1. The summed E-state index contributed by atoms with van der Waals surface area (Å²) in [6.45, 7) is -0.636. The molecule has 1 saturated heterocycles. The normalized spacial score (nSPS) is 29.5. The quantitative estimate of drug-likeness (QED) is 0.136. The predicted octanol–water partition coefficient (Wildman–Crippen LogP) is -1.40. The Morgan fingerprint density at radius 2 is 1.93 bits per heavy atom. The van der Waals surface area contributed by atoms with Crippen molar-refractivity contribution in [1.82, 2.24) is 0 Å². The molecule has 1 heterocycles. The van der Waals surface area contributed by atoms with Gasteiger partial charge in [-0.25, -0.2) is 4.28 Å². The fourth-order valence-electron chi connectivity index (χ4n) is 2.32. The molecular formula is C14H19NO10S2. The van der Waals surface area contributed by atoms with Crippen LogP contribution in [0, 0.1) is 0 Å². The second-order valence-corrected chi connectivity index (χ2v) is 7.83. The molecule has 0 aromatic heterocycles. The van der Waals surface area contributed by atoms with E-state index in [0.29, 0.717) is 17.3 Å². The zero-order valence-electron chi connectivity index (χ0n) is 13.7. The number of thioether (sulfide) groups is 1. The van der Waals surface area contributed by atoms with Crippen molar-refractivity contribution in [3.05, 3.63) is 29.8 Å². The van der Waals surface area contributed by atoms with Crippen LogP contribution in [0.2, 0.25) is 0 Å². The minimum Gasteiger partial charge on any atom is -0.508 e. The Morgan fingerprint density at radius 1 is 1.22 bits per heavy atom. The lowest BCUT2D eigenvalue weighted by atomic mass is 10.0. The van der Waals surface area contributed by atoms with E-state index < -0.39 is 46.9 Å². The van der Waals surface area contributed by atoms with Crippen LogP contribution < -0.4 is 0 Å². The van der Waals surface area contributed by atoms with Gasteiger partial charge in [-0.05, 0) is 17.7 Å². The molecule has 152 valence electrons. The van der Waals surface area contributed by atoms with E-state index in [1.807, 2.05) is 0 Å². The molecule has 1 aromatic carbocycles. The van der Waals surface area contributed by atoms with Crippen molar-refractivity contribution in [1.29, 1.82) is 0 Å². The maximum absolute atomic E-state index is 10.8. The van der Waals surface area contributed by atoms with E-state index in [9.17, 15) is 34.0 Å². The third kappa shape index (κ3) is 6.29. The summed E-state index contributed by atoms with van der Waals surface area (Å²) < 4.78 is 39.6. The van der Waals surface area contributed by atoms with Gasteiger partial charge in [0.15, 0.2) is 0 Å². The highest BCUT2D eigenvalue weighted by Gasteiger charge is 2.44. The van der Waals surface area contributed by atoms with Crippen LogP contribution in [0.5, 0.6) is 5.75 Å². The number of aliphatic hydroxyl groups excluding tert-OH is 4. The molecule has 1 fully saturated rings. The molecule has 5 atom stereocenters. The number of hydrogen-bond acceptors (Lipinski definition) is 11. The summed E-state index contributed by atoms with van der Waals surface area (Å²) in [5, 5.41) is 51.6. The van der Waals surface area contributed by atoms with E-state index in [4.69, 9.17) is 9.29 Å². The van der Waals surface area contributed by atoms with Crippen molar-refractivity contribution in [2.45, 2.75) is 36.3 Å². The maximum atomic E-state index is 10.8. The van der Waals surface area contributed by atoms with Gasteiger partial charge in [-0.15, -0.1) is 0 Å². The van der Waals surface area contributed by atoms with Crippen molar-refractivity contribution in [3.63, 3.8) is 0 Å². The Hall–Kier alpha value is -1.45. The Kier molecular flexibility index (Phi) is 7.41.